The molecule has 1 N–H and O–H groups in total. The van der Waals surface area contributed by atoms with Crippen molar-refractivity contribution in [3.63, 3.8) is 0 Å². The van der Waals surface area contributed by atoms with Crippen LogP contribution in [0.25, 0.3) is 0 Å². The van der Waals surface area contributed by atoms with Crippen LogP contribution in [0.2, 0.25) is 0 Å². The third kappa shape index (κ3) is 4.20. The molecule has 0 saturated heterocycles. The first-order valence-electron chi connectivity index (χ1n) is 6.46. The fraction of sp³-hybridized carbons (Fsp3) is 0.533. The molecule has 0 amide bonds. The normalized spacial score (nSPS) is 13.9. The van der Waals surface area contributed by atoms with Gasteiger partial charge in [0.1, 0.15) is 5.54 Å². The van der Waals surface area contributed by atoms with Gasteiger partial charge < -0.3 is 0 Å². The van der Waals surface area contributed by atoms with Crippen LogP contribution in [0.5, 0.6) is 0 Å². The average molecular weight is 230 g/mol. The topological polar surface area (TPSA) is 35.8 Å². The van der Waals surface area contributed by atoms with Crippen LogP contribution in [0.15, 0.2) is 30.3 Å². The number of hydrogen-bond donors (Lipinski definition) is 1. The van der Waals surface area contributed by atoms with Crippen molar-refractivity contribution in [1.29, 1.82) is 5.26 Å². The van der Waals surface area contributed by atoms with Crippen LogP contribution in [0.3, 0.4) is 0 Å². The molecular formula is C15H22N2. The molecule has 92 valence electrons. The Bertz CT molecular complexity index is 353. The van der Waals surface area contributed by atoms with Gasteiger partial charge in [0.2, 0.25) is 0 Å². The van der Waals surface area contributed by atoms with Gasteiger partial charge in [0.25, 0.3) is 0 Å². The van der Waals surface area contributed by atoms with E-state index in [4.69, 9.17) is 0 Å². The molecule has 0 heterocycles. The summed E-state index contributed by atoms with van der Waals surface area (Å²) < 4.78 is 0. The zero-order valence-electron chi connectivity index (χ0n) is 10.9. The molecule has 1 rings (SSSR count). The number of nitriles is 1. The van der Waals surface area contributed by atoms with Crippen LogP contribution in [0.4, 0.5) is 0 Å². The molecule has 17 heavy (non-hydrogen) atoms. The van der Waals surface area contributed by atoms with E-state index in [9.17, 15) is 5.26 Å². The van der Waals surface area contributed by atoms with Gasteiger partial charge in [-0.15, -0.1) is 0 Å². The maximum absolute atomic E-state index is 9.37. The van der Waals surface area contributed by atoms with E-state index in [1.165, 1.54) is 5.56 Å². The van der Waals surface area contributed by atoms with Gasteiger partial charge in [0.15, 0.2) is 0 Å². The number of unbranched alkanes of at least 4 members (excludes halogenated alkanes) is 1. The summed E-state index contributed by atoms with van der Waals surface area (Å²) in [6, 6.07) is 12.7. The highest BCUT2D eigenvalue weighted by Gasteiger charge is 2.26. The van der Waals surface area contributed by atoms with Crippen LogP contribution >= 0.6 is 0 Å². The fourth-order valence-corrected chi connectivity index (χ4v) is 1.91. The highest BCUT2D eigenvalue weighted by atomic mass is 15.0. The Kier molecular flexibility index (Phi) is 5.72. The summed E-state index contributed by atoms with van der Waals surface area (Å²) in [4.78, 5) is 0. The largest absolute Gasteiger partial charge is 0.295 e. The van der Waals surface area contributed by atoms with Crippen molar-refractivity contribution in [2.45, 2.75) is 51.6 Å². The second-order valence-corrected chi connectivity index (χ2v) is 4.49. The molecule has 0 spiro atoms. The number of rotatable bonds is 7. The lowest BCUT2D eigenvalue weighted by molar-refractivity contribution is 0.360. The van der Waals surface area contributed by atoms with E-state index < -0.39 is 0 Å². The fourth-order valence-electron chi connectivity index (χ4n) is 1.91. The van der Waals surface area contributed by atoms with Gasteiger partial charge in [-0.25, -0.2) is 0 Å². The monoisotopic (exact) mass is 230 g/mol. The lowest BCUT2D eigenvalue weighted by atomic mass is 9.91. The smallest absolute Gasteiger partial charge is 0.106 e. The first-order chi connectivity index (χ1) is 8.26. The Hall–Kier alpha value is -1.33. The first-order valence-corrected chi connectivity index (χ1v) is 6.46. The van der Waals surface area contributed by atoms with E-state index in [0.717, 1.165) is 32.2 Å². The third-order valence-corrected chi connectivity index (χ3v) is 3.25. The van der Waals surface area contributed by atoms with Gasteiger partial charge in [-0.2, -0.15) is 5.26 Å². The Morgan fingerprint density at radius 3 is 2.47 bits per heavy atom. The summed E-state index contributed by atoms with van der Waals surface area (Å²) in [5.41, 5.74) is 0.878. The van der Waals surface area contributed by atoms with Crippen molar-refractivity contribution in [3.8, 4) is 6.07 Å². The maximum atomic E-state index is 9.37. The van der Waals surface area contributed by atoms with Gasteiger partial charge in [0.05, 0.1) is 6.07 Å². The van der Waals surface area contributed by atoms with Crippen molar-refractivity contribution in [1.82, 2.24) is 5.32 Å². The summed E-state index contributed by atoms with van der Waals surface area (Å²) in [6.45, 7) is 5.01. The molecule has 2 heteroatoms. The SMILES string of the molecule is CCCCC(C#N)(CC)NCc1ccccc1. The van der Waals surface area contributed by atoms with E-state index in [1.807, 2.05) is 18.2 Å². The lowest BCUT2D eigenvalue weighted by Gasteiger charge is -2.26. The van der Waals surface area contributed by atoms with Crippen LogP contribution in [-0.4, -0.2) is 5.54 Å². The average Bonchev–Trinajstić information content (AvgIpc) is 2.41. The van der Waals surface area contributed by atoms with E-state index >= 15 is 0 Å². The number of nitrogens with zero attached hydrogens (tertiary/aromatic N) is 1. The van der Waals surface area contributed by atoms with Crippen molar-refractivity contribution >= 4 is 0 Å². The number of benzene rings is 1. The zero-order valence-corrected chi connectivity index (χ0v) is 10.9. The Balaban J connectivity index is 2.58. The van der Waals surface area contributed by atoms with Crippen molar-refractivity contribution in [2.75, 3.05) is 0 Å². The molecule has 0 aromatic heterocycles. The van der Waals surface area contributed by atoms with Gasteiger partial charge in [-0.3, -0.25) is 5.32 Å². The van der Waals surface area contributed by atoms with Crippen LogP contribution < -0.4 is 5.32 Å². The minimum Gasteiger partial charge on any atom is -0.295 e. The summed E-state index contributed by atoms with van der Waals surface area (Å²) in [5.74, 6) is 0. The van der Waals surface area contributed by atoms with Crippen LogP contribution in [-0.2, 0) is 6.54 Å². The zero-order chi connectivity index (χ0) is 12.6. The lowest BCUT2D eigenvalue weighted by Crippen LogP contribution is -2.42. The van der Waals surface area contributed by atoms with Gasteiger partial charge in [-0.05, 0) is 18.4 Å². The number of nitrogens with one attached hydrogen (secondary N) is 1. The van der Waals surface area contributed by atoms with Crippen LogP contribution in [0, 0.1) is 11.3 Å². The molecule has 1 aromatic carbocycles. The van der Waals surface area contributed by atoms with Gasteiger partial charge in [-0.1, -0.05) is 57.0 Å². The second-order valence-electron chi connectivity index (χ2n) is 4.49. The summed E-state index contributed by atoms with van der Waals surface area (Å²) in [7, 11) is 0. The third-order valence-electron chi connectivity index (χ3n) is 3.25. The molecule has 1 atom stereocenters. The van der Waals surface area contributed by atoms with Crippen molar-refractivity contribution in [2.24, 2.45) is 0 Å². The molecule has 0 saturated carbocycles. The van der Waals surface area contributed by atoms with Crippen LogP contribution in [0.1, 0.15) is 45.1 Å². The molecule has 0 aliphatic rings. The molecule has 0 bridgehead atoms. The molecule has 1 aromatic rings. The van der Waals surface area contributed by atoms with E-state index in [1.54, 1.807) is 0 Å². The molecular weight excluding hydrogens is 208 g/mol. The summed E-state index contributed by atoms with van der Waals surface area (Å²) >= 11 is 0. The Morgan fingerprint density at radius 2 is 1.94 bits per heavy atom. The molecule has 2 nitrogen and oxygen atoms in total. The van der Waals surface area contributed by atoms with E-state index in [2.05, 4.69) is 37.4 Å². The molecule has 0 fully saturated rings. The quantitative estimate of drug-likeness (QED) is 0.776. The maximum Gasteiger partial charge on any atom is 0.106 e. The van der Waals surface area contributed by atoms with Crippen molar-refractivity contribution in [3.05, 3.63) is 35.9 Å². The second kappa shape index (κ2) is 7.09. The predicted molar refractivity (Wildman–Crippen MR) is 71.4 cm³/mol. The van der Waals surface area contributed by atoms with E-state index in [-0.39, 0.29) is 5.54 Å². The van der Waals surface area contributed by atoms with Gasteiger partial charge >= 0.3 is 0 Å². The minimum atomic E-state index is -0.355. The summed E-state index contributed by atoms with van der Waals surface area (Å²) in [6.07, 6.45) is 4.03. The highest BCUT2D eigenvalue weighted by molar-refractivity contribution is 5.16. The van der Waals surface area contributed by atoms with Gasteiger partial charge in [0, 0.05) is 6.54 Å². The first kappa shape index (κ1) is 13.7. The predicted octanol–water partition coefficient (Wildman–Crippen LogP) is 3.64. The Labute approximate surface area is 105 Å². The number of hydrogen-bond acceptors (Lipinski definition) is 2. The highest BCUT2D eigenvalue weighted by Crippen LogP contribution is 2.18. The molecule has 0 radical (unpaired) electrons. The standard InChI is InChI=1S/C15H22N2/c1-3-5-11-15(4-2,13-16)17-12-14-9-7-6-8-10-14/h6-10,17H,3-5,11-12H2,1-2H3. The minimum absolute atomic E-state index is 0.355. The van der Waals surface area contributed by atoms with E-state index in [0.29, 0.717) is 0 Å². The molecule has 0 aliphatic heterocycles. The van der Waals surface area contributed by atoms with Crippen molar-refractivity contribution < 1.29 is 0 Å². The molecule has 1 unspecified atom stereocenters. The summed E-state index contributed by atoms with van der Waals surface area (Å²) in [5, 5.41) is 12.8. The molecule has 0 aliphatic carbocycles. The Morgan fingerprint density at radius 1 is 1.24 bits per heavy atom.